The first kappa shape index (κ1) is 27.2. The summed E-state index contributed by atoms with van der Waals surface area (Å²) in [6.45, 7) is 0.967. The predicted molar refractivity (Wildman–Crippen MR) is 155 cm³/mol. The lowest BCUT2D eigenvalue weighted by Crippen LogP contribution is -2.18. The molecule has 1 fully saturated rings. The van der Waals surface area contributed by atoms with E-state index in [1.54, 1.807) is 55.6 Å². The maximum absolute atomic E-state index is 14.9. The fourth-order valence-corrected chi connectivity index (χ4v) is 5.77. The highest BCUT2D eigenvalue weighted by molar-refractivity contribution is 7.97. The van der Waals surface area contributed by atoms with E-state index >= 15 is 0 Å². The van der Waals surface area contributed by atoms with Crippen molar-refractivity contribution in [2.75, 3.05) is 19.0 Å². The lowest BCUT2D eigenvalue weighted by molar-refractivity contribution is -0.116. The first-order chi connectivity index (χ1) is 19.0. The van der Waals surface area contributed by atoms with Gasteiger partial charge < -0.3 is 10.1 Å². The second kappa shape index (κ2) is 12.6. The van der Waals surface area contributed by atoms with Gasteiger partial charge >= 0.3 is 0 Å². The molecule has 200 valence electrons. The predicted octanol–water partition coefficient (Wildman–Crippen LogP) is 7.37. The molecule has 3 aromatic carbocycles. The molecule has 0 bridgehead atoms. The molecule has 8 heteroatoms. The molecule has 5 nitrogen and oxygen atoms in total. The Bertz CT molecular complexity index is 1400. The van der Waals surface area contributed by atoms with E-state index in [0.29, 0.717) is 34.6 Å². The van der Waals surface area contributed by atoms with Gasteiger partial charge in [0.25, 0.3) is 0 Å². The normalized spacial score (nSPS) is 16.9. The van der Waals surface area contributed by atoms with Crippen LogP contribution in [0.5, 0.6) is 5.88 Å². The largest absolute Gasteiger partial charge is 0.481 e. The molecule has 3 atom stereocenters. The zero-order chi connectivity index (χ0) is 27.2. The molecule has 1 saturated heterocycles. The number of pyridine rings is 1. The van der Waals surface area contributed by atoms with Crippen LogP contribution in [0.1, 0.15) is 35.4 Å². The van der Waals surface area contributed by atoms with Gasteiger partial charge in [0, 0.05) is 58.4 Å². The van der Waals surface area contributed by atoms with E-state index in [-0.39, 0.29) is 24.1 Å². The molecule has 39 heavy (non-hydrogen) atoms. The Kier molecular flexibility index (Phi) is 8.81. The molecule has 5 rings (SSSR count). The molecule has 2 unspecified atom stereocenters. The van der Waals surface area contributed by atoms with E-state index in [9.17, 15) is 9.18 Å². The van der Waals surface area contributed by atoms with Crippen LogP contribution >= 0.6 is 23.5 Å². The minimum Gasteiger partial charge on any atom is -0.481 e. The van der Waals surface area contributed by atoms with Gasteiger partial charge in [0.05, 0.1) is 7.11 Å². The number of ether oxygens (including phenoxy) is 1. The van der Waals surface area contributed by atoms with Crippen molar-refractivity contribution in [2.24, 2.45) is 0 Å². The number of anilines is 1. The zero-order valence-electron chi connectivity index (χ0n) is 21.5. The minimum atomic E-state index is -0.302. The van der Waals surface area contributed by atoms with Gasteiger partial charge in [-0.05, 0) is 72.3 Å². The van der Waals surface area contributed by atoms with Crippen molar-refractivity contribution in [3.8, 4) is 5.88 Å². The molecule has 1 amide bonds. The van der Waals surface area contributed by atoms with Gasteiger partial charge in [0.15, 0.2) is 0 Å². The fraction of sp³-hybridized carbons (Fsp3) is 0.226. The van der Waals surface area contributed by atoms with Crippen molar-refractivity contribution < 1.29 is 13.9 Å². The highest BCUT2D eigenvalue weighted by atomic mass is 35.5. The molecule has 2 heterocycles. The third-order valence-electron chi connectivity index (χ3n) is 6.78. The molecule has 1 aliphatic heterocycles. The number of nitrogens with zero attached hydrogens (tertiary/aromatic N) is 2. The Labute approximate surface area is 237 Å². The summed E-state index contributed by atoms with van der Waals surface area (Å²) in [5.74, 6) is -0.263. The summed E-state index contributed by atoms with van der Waals surface area (Å²) in [6, 6.07) is 26.6. The van der Waals surface area contributed by atoms with Crippen molar-refractivity contribution in [3.05, 3.63) is 119 Å². The van der Waals surface area contributed by atoms with Crippen molar-refractivity contribution >= 4 is 35.1 Å². The summed E-state index contributed by atoms with van der Waals surface area (Å²) < 4.78 is 22.4. The van der Waals surface area contributed by atoms with Gasteiger partial charge in [-0.15, -0.1) is 0 Å². The van der Waals surface area contributed by atoms with Crippen molar-refractivity contribution in [1.82, 2.24) is 9.29 Å². The number of aromatic nitrogens is 1. The summed E-state index contributed by atoms with van der Waals surface area (Å²) in [6.07, 6.45) is 3.24. The first-order valence-corrected chi connectivity index (χ1v) is 14.0. The van der Waals surface area contributed by atoms with Crippen LogP contribution < -0.4 is 10.1 Å². The van der Waals surface area contributed by atoms with Gasteiger partial charge in [-0.1, -0.05) is 54.1 Å². The number of hydrogen-bond acceptors (Lipinski definition) is 5. The van der Waals surface area contributed by atoms with Crippen molar-refractivity contribution in [1.29, 1.82) is 0 Å². The number of benzene rings is 3. The van der Waals surface area contributed by atoms with Gasteiger partial charge in [-0.3, -0.25) is 4.79 Å². The molecule has 1 N–H and O–H groups in total. The quantitative estimate of drug-likeness (QED) is 0.153. The average molecular weight is 562 g/mol. The highest BCUT2D eigenvalue weighted by Gasteiger charge is 2.34. The van der Waals surface area contributed by atoms with Crippen LogP contribution in [-0.4, -0.2) is 34.9 Å². The smallest absolute Gasteiger partial charge is 0.225 e. The van der Waals surface area contributed by atoms with E-state index in [4.69, 9.17) is 16.3 Å². The lowest BCUT2D eigenvalue weighted by atomic mass is 9.89. The van der Waals surface area contributed by atoms with Gasteiger partial charge in [0.2, 0.25) is 11.8 Å². The number of halogens is 2. The average Bonchev–Trinajstić information content (AvgIpc) is 3.70. The third kappa shape index (κ3) is 7.18. The fourth-order valence-electron chi connectivity index (χ4n) is 4.59. The van der Waals surface area contributed by atoms with Gasteiger partial charge in [0.1, 0.15) is 5.82 Å². The molecule has 0 saturated carbocycles. The summed E-state index contributed by atoms with van der Waals surface area (Å²) in [7, 11) is 1.56. The number of rotatable bonds is 11. The topological polar surface area (TPSA) is 54.2 Å². The summed E-state index contributed by atoms with van der Waals surface area (Å²) >= 11 is 7.83. The molecule has 0 spiro atoms. The Balaban J connectivity index is 1.26. The molecular weight excluding hydrogens is 533 g/mol. The maximum atomic E-state index is 14.9. The molecular formula is C31H29ClFN3O2S. The first-order valence-electron chi connectivity index (χ1n) is 12.8. The Hall–Kier alpha value is -3.39. The van der Waals surface area contributed by atoms with Crippen LogP contribution in [0.15, 0.2) is 96.0 Å². The second-order valence-corrected chi connectivity index (χ2v) is 11.0. The molecule has 1 aliphatic rings. The van der Waals surface area contributed by atoms with Crippen LogP contribution in [0.3, 0.4) is 0 Å². The standard InChI is InChI=1S/C31H29ClFN3O2S/c1-38-31-17-12-22(19-34-31)27(21-10-13-23(32)14-11-21)18-30(37)35-29-9-5-8-28(33)26(29)16-15-24-20-36(24)39-25-6-3-2-4-7-25/h2-14,17,19,24,27H,15-16,18,20H2,1H3,(H,35,37)/t24-,27?,36?/m0/s1. The van der Waals surface area contributed by atoms with Crippen LogP contribution in [0.4, 0.5) is 10.1 Å². The molecule has 0 aliphatic carbocycles. The van der Waals surface area contributed by atoms with E-state index in [1.807, 2.05) is 36.4 Å². The number of amides is 1. The Morgan fingerprint density at radius 3 is 2.56 bits per heavy atom. The number of nitrogens with one attached hydrogen (secondary N) is 1. The monoisotopic (exact) mass is 561 g/mol. The zero-order valence-corrected chi connectivity index (χ0v) is 23.1. The summed E-state index contributed by atoms with van der Waals surface area (Å²) in [5.41, 5.74) is 2.87. The summed E-state index contributed by atoms with van der Waals surface area (Å²) in [5, 5.41) is 3.60. The van der Waals surface area contributed by atoms with E-state index in [1.165, 1.54) is 11.0 Å². The van der Waals surface area contributed by atoms with Crippen LogP contribution in [0, 0.1) is 5.82 Å². The maximum Gasteiger partial charge on any atom is 0.225 e. The minimum absolute atomic E-state index is 0.162. The Morgan fingerprint density at radius 1 is 1.08 bits per heavy atom. The number of carbonyl (C=O) groups is 1. The van der Waals surface area contributed by atoms with Crippen molar-refractivity contribution in [2.45, 2.75) is 36.1 Å². The SMILES string of the molecule is COc1ccc(C(CC(=O)Nc2cccc(F)c2CC[C@H]2CN2Sc2ccccc2)c2ccc(Cl)cc2)cn1. The lowest BCUT2D eigenvalue weighted by Gasteiger charge is -2.19. The number of carbonyl (C=O) groups excluding carboxylic acids is 1. The van der Waals surface area contributed by atoms with Crippen LogP contribution in [0.2, 0.25) is 5.02 Å². The summed E-state index contributed by atoms with van der Waals surface area (Å²) in [4.78, 5) is 18.8. The Morgan fingerprint density at radius 2 is 1.85 bits per heavy atom. The molecule has 1 aromatic heterocycles. The second-order valence-electron chi connectivity index (χ2n) is 9.45. The number of hydrogen-bond donors (Lipinski definition) is 1. The molecule has 4 aromatic rings. The van der Waals surface area contributed by atoms with Crippen molar-refractivity contribution in [3.63, 3.8) is 0 Å². The van der Waals surface area contributed by atoms with E-state index in [0.717, 1.165) is 24.1 Å². The van der Waals surface area contributed by atoms with Crippen LogP contribution in [0.25, 0.3) is 0 Å². The van der Waals surface area contributed by atoms with E-state index < -0.39 is 0 Å². The van der Waals surface area contributed by atoms with Crippen LogP contribution in [-0.2, 0) is 11.2 Å². The highest BCUT2D eigenvalue weighted by Crippen LogP contribution is 2.37. The number of methoxy groups -OCH3 is 1. The van der Waals surface area contributed by atoms with E-state index in [2.05, 4.69) is 26.7 Å². The van der Waals surface area contributed by atoms with Gasteiger partial charge in [-0.25, -0.2) is 13.7 Å². The molecule has 0 radical (unpaired) electrons. The van der Waals surface area contributed by atoms with Gasteiger partial charge in [-0.2, -0.15) is 0 Å². The third-order valence-corrected chi connectivity index (χ3v) is 8.20.